The van der Waals surface area contributed by atoms with Crippen LogP contribution in [0.1, 0.15) is 45.4 Å². The van der Waals surface area contributed by atoms with Gasteiger partial charge in [-0.15, -0.1) is 0 Å². The van der Waals surface area contributed by atoms with E-state index in [2.05, 4.69) is 17.1 Å². The molecule has 3 heteroatoms. The van der Waals surface area contributed by atoms with Gasteiger partial charge >= 0.3 is 0 Å². The number of piperidine rings is 1. The second-order valence-electron chi connectivity index (χ2n) is 5.28. The molecule has 1 saturated heterocycles. The van der Waals surface area contributed by atoms with E-state index in [1.807, 2.05) is 0 Å². The van der Waals surface area contributed by atoms with E-state index in [0.29, 0.717) is 11.9 Å². The van der Waals surface area contributed by atoms with Crippen molar-refractivity contribution in [1.82, 2.24) is 10.2 Å². The third-order valence-electron chi connectivity index (χ3n) is 3.62. The lowest BCUT2D eigenvalue weighted by atomic mass is 10.0. The first-order valence-electron chi connectivity index (χ1n) is 6.80. The molecule has 0 aromatic rings. The van der Waals surface area contributed by atoms with Crippen molar-refractivity contribution in [1.29, 1.82) is 0 Å². The minimum atomic E-state index is 0.394. The molecule has 1 unspecified atom stereocenters. The average Bonchev–Trinajstić information content (AvgIpc) is 3.10. The minimum absolute atomic E-state index is 0.394. The van der Waals surface area contributed by atoms with Crippen LogP contribution in [0.4, 0.5) is 0 Å². The van der Waals surface area contributed by atoms with Crippen LogP contribution in [0.25, 0.3) is 0 Å². The van der Waals surface area contributed by atoms with Crippen molar-refractivity contribution >= 4 is 5.91 Å². The number of hydrogen-bond acceptors (Lipinski definition) is 2. The zero-order chi connectivity index (χ0) is 11.4. The predicted molar refractivity (Wildman–Crippen MR) is 65.2 cm³/mol. The number of likely N-dealkylation sites (tertiary alicyclic amines) is 1. The first-order valence-corrected chi connectivity index (χ1v) is 6.80. The van der Waals surface area contributed by atoms with Gasteiger partial charge in [-0.3, -0.25) is 4.79 Å². The highest BCUT2D eigenvalue weighted by Gasteiger charge is 2.29. The van der Waals surface area contributed by atoms with Gasteiger partial charge in [-0.05, 0) is 44.6 Å². The van der Waals surface area contributed by atoms with Crippen LogP contribution in [0.15, 0.2) is 0 Å². The van der Waals surface area contributed by atoms with Crippen molar-refractivity contribution in [2.45, 2.75) is 51.5 Å². The number of nitrogens with zero attached hydrogens (tertiary/aromatic N) is 1. The summed E-state index contributed by atoms with van der Waals surface area (Å²) in [4.78, 5) is 14.0. The molecule has 1 saturated carbocycles. The Morgan fingerprint density at radius 1 is 1.38 bits per heavy atom. The molecule has 0 aromatic heterocycles. The summed E-state index contributed by atoms with van der Waals surface area (Å²) in [6.45, 7) is 5.18. The standard InChI is InChI=1S/C13H24N2O/c1-2-7-14-12-4-3-8-15(10-12)13(16)9-11-5-6-11/h11-12,14H,2-10H2,1H3. The molecule has 92 valence electrons. The maximum absolute atomic E-state index is 12.0. The van der Waals surface area contributed by atoms with Crippen molar-refractivity contribution < 1.29 is 4.79 Å². The van der Waals surface area contributed by atoms with Gasteiger partial charge in [0, 0.05) is 25.6 Å². The fourth-order valence-electron chi connectivity index (χ4n) is 2.42. The van der Waals surface area contributed by atoms with Crippen molar-refractivity contribution in [3.63, 3.8) is 0 Å². The zero-order valence-electron chi connectivity index (χ0n) is 10.4. The van der Waals surface area contributed by atoms with Gasteiger partial charge in [-0.1, -0.05) is 6.92 Å². The molecular weight excluding hydrogens is 200 g/mol. The van der Waals surface area contributed by atoms with Crippen molar-refractivity contribution in [2.75, 3.05) is 19.6 Å². The largest absolute Gasteiger partial charge is 0.341 e. The number of carbonyl (C=O) groups is 1. The second kappa shape index (κ2) is 5.67. The van der Waals surface area contributed by atoms with Crippen molar-refractivity contribution in [3.8, 4) is 0 Å². The summed E-state index contributed by atoms with van der Waals surface area (Å²) < 4.78 is 0. The third-order valence-corrected chi connectivity index (χ3v) is 3.62. The van der Waals surface area contributed by atoms with Gasteiger partial charge in [-0.25, -0.2) is 0 Å². The molecule has 0 spiro atoms. The smallest absolute Gasteiger partial charge is 0.222 e. The van der Waals surface area contributed by atoms with E-state index in [-0.39, 0.29) is 0 Å². The van der Waals surface area contributed by atoms with Crippen LogP contribution in [0.5, 0.6) is 0 Å². The van der Waals surface area contributed by atoms with Crippen LogP contribution in [-0.2, 0) is 4.79 Å². The monoisotopic (exact) mass is 224 g/mol. The summed E-state index contributed by atoms with van der Waals surface area (Å²) >= 11 is 0. The average molecular weight is 224 g/mol. The van der Waals surface area contributed by atoms with E-state index in [1.54, 1.807) is 0 Å². The van der Waals surface area contributed by atoms with Crippen molar-refractivity contribution in [2.24, 2.45) is 5.92 Å². The molecule has 3 nitrogen and oxygen atoms in total. The highest BCUT2D eigenvalue weighted by molar-refractivity contribution is 5.76. The molecule has 0 bridgehead atoms. The summed E-state index contributed by atoms with van der Waals surface area (Å²) in [5.41, 5.74) is 0. The lowest BCUT2D eigenvalue weighted by molar-refractivity contribution is -0.132. The van der Waals surface area contributed by atoms with Gasteiger partial charge in [0.1, 0.15) is 0 Å². The maximum atomic E-state index is 12.0. The summed E-state index contributed by atoms with van der Waals surface area (Å²) in [6.07, 6.45) is 6.92. The van der Waals surface area contributed by atoms with Crippen LogP contribution < -0.4 is 5.32 Å². The Balaban J connectivity index is 1.73. The molecule has 1 aliphatic carbocycles. The normalized spacial score (nSPS) is 25.8. The van der Waals surface area contributed by atoms with Gasteiger partial charge in [0.25, 0.3) is 0 Å². The zero-order valence-corrected chi connectivity index (χ0v) is 10.4. The molecule has 0 radical (unpaired) electrons. The Labute approximate surface area is 98.6 Å². The Morgan fingerprint density at radius 3 is 2.88 bits per heavy atom. The van der Waals surface area contributed by atoms with E-state index >= 15 is 0 Å². The highest BCUT2D eigenvalue weighted by atomic mass is 16.2. The lowest BCUT2D eigenvalue weighted by Crippen LogP contribution is -2.48. The molecular formula is C13H24N2O. The van der Waals surface area contributed by atoms with E-state index < -0.39 is 0 Å². The molecule has 2 fully saturated rings. The Hall–Kier alpha value is -0.570. The summed E-state index contributed by atoms with van der Waals surface area (Å²) in [5.74, 6) is 1.11. The molecule has 0 aromatic carbocycles. The third kappa shape index (κ3) is 3.48. The quantitative estimate of drug-likeness (QED) is 0.772. The molecule has 1 aliphatic heterocycles. The molecule has 1 heterocycles. The minimum Gasteiger partial charge on any atom is -0.341 e. The fourth-order valence-corrected chi connectivity index (χ4v) is 2.42. The molecule has 1 atom stereocenters. The lowest BCUT2D eigenvalue weighted by Gasteiger charge is -2.33. The Kier molecular flexibility index (Phi) is 4.22. The topological polar surface area (TPSA) is 32.3 Å². The predicted octanol–water partition coefficient (Wildman–Crippen LogP) is 1.78. The summed E-state index contributed by atoms with van der Waals surface area (Å²) in [6, 6.07) is 0.539. The van der Waals surface area contributed by atoms with Crippen LogP contribution in [-0.4, -0.2) is 36.5 Å². The van der Waals surface area contributed by atoms with Crippen LogP contribution in [0.2, 0.25) is 0 Å². The molecule has 1 amide bonds. The van der Waals surface area contributed by atoms with Crippen LogP contribution >= 0.6 is 0 Å². The van der Waals surface area contributed by atoms with E-state index in [4.69, 9.17) is 0 Å². The number of rotatable bonds is 5. The maximum Gasteiger partial charge on any atom is 0.222 e. The summed E-state index contributed by atoms with van der Waals surface area (Å²) in [5, 5.41) is 3.53. The van der Waals surface area contributed by atoms with Gasteiger partial charge in [-0.2, -0.15) is 0 Å². The van der Waals surface area contributed by atoms with Gasteiger partial charge in [0.15, 0.2) is 0 Å². The van der Waals surface area contributed by atoms with Crippen molar-refractivity contribution in [3.05, 3.63) is 0 Å². The number of carbonyl (C=O) groups excluding carboxylic acids is 1. The SMILES string of the molecule is CCCNC1CCCN(C(=O)CC2CC2)C1. The fraction of sp³-hybridized carbons (Fsp3) is 0.923. The summed E-state index contributed by atoms with van der Waals surface area (Å²) in [7, 11) is 0. The highest BCUT2D eigenvalue weighted by Crippen LogP contribution is 2.33. The number of nitrogens with one attached hydrogen (secondary N) is 1. The van der Waals surface area contributed by atoms with E-state index in [9.17, 15) is 4.79 Å². The Morgan fingerprint density at radius 2 is 2.19 bits per heavy atom. The number of amides is 1. The van der Waals surface area contributed by atoms with Crippen LogP contribution in [0, 0.1) is 5.92 Å². The number of hydrogen-bond donors (Lipinski definition) is 1. The molecule has 2 rings (SSSR count). The first kappa shape index (κ1) is 11.9. The van der Waals surface area contributed by atoms with Gasteiger partial charge < -0.3 is 10.2 Å². The van der Waals surface area contributed by atoms with Gasteiger partial charge in [0.2, 0.25) is 5.91 Å². The second-order valence-corrected chi connectivity index (χ2v) is 5.28. The molecule has 16 heavy (non-hydrogen) atoms. The molecule has 2 aliphatic rings. The van der Waals surface area contributed by atoms with E-state index in [1.165, 1.54) is 25.7 Å². The Bertz CT molecular complexity index is 238. The van der Waals surface area contributed by atoms with Crippen LogP contribution in [0.3, 0.4) is 0 Å². The van der Waals surface area contributed by atoms with Gasteiger partial charge in [0.05, 0.1) is 0 Å². The van der Waals surface area contributed by atoms with E-state index in [0.717, 1.165) is 38.4 Å². The molecule has 1 N–H and O–H groups in total. The first-order chi connectivity index (χ1) is 7.79.